The van der Waals surface area contributed by atoms with Gasteiger partial charge in [-0.1, -0.05) is 12.1 Å². The Bertz CT molecular complexity index is 672. The summed E-state index contributed by atoms with van der Waals surface area (Å²) in [5.74, 6) is 1.31. The molecule has 2 aromatic rings. The third kappa shape index (κ3) is 2.44. The molecule has 0 radical (unpaired) electrons. The third-order valence-corrected chi connectivity index (χ3v) is 4.82. The summed E-state index contributed by atoms with van der Waals surface area (Å²) < 4.78 is 10.5. The van der Waals surface area contributed by atoms with E-state index in [9.17, 15) is 4.79 Å². The van der Waals surface area contributed by atoms with Gasteiger partial charge in [-0.25, -0.2) is 0 Å². The predicted octanol–water partition coefficient (Wildman–Crippen LogP) is 2.18. The lowest BCUT2D eigenvalue weighted by Crippen LogP contribution is -2.62. The normalized spacial score (nSPS) is 20.7. The van der Waals surface area contributed by atoms with Gasteiger partial charge in [0.1, 0.15) is 6.04 Å². The first-order valence-corrected chi connectivity index (χ1v) is 7.84. The van der Waals surface area contributed by atoms with Crippen LogP contribution < -0.4 is 15.2 Å². The molecule has 0 unspecified atom stereocenters. The number of amides is 1. The van der Waals surface area contributed by atoms with Gasteiger partial charge in [0.2, 0.25) is 5.91 Å². The number of carbonyl (C=O) groups excluding carboxylic acids is 1. The molecule has 1 aliphatic rings. The SMILES string of the molecule is COc1ccc(CN2C(=O)[C@H](N)[C@@H]2c2cccs2)cc1OC. The Labute approximate surface area is 133 Å². The Hall–Kier alpha value is -2.05. The van der Waals surface area contributed by atoms with E-state index in [1.54, 1.807) is 30.5 Å². The van der Waals surface area contributed by atoms with Gasteiger partial charge < -0.3 is 20.1 Å². The molecule has 1 saturated heterocycles. The first kappa shape index (κ1) is 14.9. The highest BCUT2D eigenvalue weighted by Gasteiger charge is 2.46. The number of ether oxygens (including phenoxy) is 2. The largest absolute Gasteiger partial charge is 0.493 e. The number of rotatable bonds is 5. The van der Waals surface area contributed by atoms with Crippen molar-refractivity contribution < 1.29 is 14.3 Å². The van der Waals surface area contributed by atoms with Crippen molar-refractivity contribution in [1.29, 1.82) is 0 Å². The Kier molecular flexibility index (Phi) is 4.04. The number of hydrogen-bond acceptors (Lipinski definition) is 5. The van der Waals surface area contributed by atoms with Gasteiger partial charge >= 0.3 is 0 Å². The Morgan fingerprint density at radius 2 is 2.00 bits per heavy atom. The first-order valence-electron chi connectivity index (χ1n) is 6.96. The fourth-order valence-electron chi connectivity index (χ4n) is 2.72. The molecule has 0 aliphatic carbocycles. The maximum absolute atomic E-state index is 12.1. The minimum atomic E-state index is -0.446. The molecule has 1 fully saturated rings. The van der Waals surface area contributed by atoms with Crippen LogP contribution in [0.25, 0.3) is 0 Å². The maximum atomic E-state index is 12.1. The lowest BCUT2D eigenvalue weighted by Gasteiger charge is -2.45. The molecule has 116 valence electrons. The van der Waals surface area contributed by atoms with E-state index in [1.807, 2.05) is 35.7 Å². The molecule has 1 aliphatic heterocycles. The number of hydrogen-bond donors (Lipinski definition) is 1. The zero-order valence-electron chi connectivity index (χ0n) is 12.5. The van der Waals surface area contributed by atoms with E-state index in [0.717, 1.165) is 10.4 Å². The highest BCUT2D eigenvalue weighted by atomic mass is 32.1. The summed E-state index contributed by atoms with van der Waals surface area (Å²) in [5, 5.41) is 2.00. The predicted molar refractivity (Wildman–Crippen MR) is 85.1 cm³/mol. The highest BCUT2D eigenvalue weighted by Crippen LogP contribution is 2.38. The molecule has 22 heavy (non-hydrogen) atoms. The van der Waals surface area contributed by atoms with E-state index in [4.69, 9.17) is 15.2 Å². The van der Waals surface area contributed by atoms with Crippen LogP contribution in [0.1, 0.15) is 16.5 Å². The van der Waals surface area contributed by atoms with Gasteiger partial charge in [-0.3, -0.25) is 4.79 Å². The van der Waals surface area contributed by atoms with Gasteiger partial charge in [0.25, 0.3) is 0 Å². The van der Waals surface area contributed by atoms with E-state index in [2.05, 4.69) is 0 Å². The average molecular weight is 318 g/mol. The Morgan fingerprint density at radius 1 is 1.23 bits per heavy atom. The van der Waals surface area contributed by atoms with Crippen LogP contribution in [0.2, 0.25) is 0 Å². The molecule has 1 aromatic carbocycles. The lowest BCUT2D eigenvalue weighted by atomic mass is 9.93. The van der Waals surface area contributed by atoms with E-state index in [1.165, 1.54) is 0 Å². The summed E-state index contributed by atoms with van der Waals surface area (Å²) in [7, 11) is 3.20. The van der Waals surface area contributed by atoms with Crippen molar-refractivity contribution in [1.82, 2.24) is 4.90 Å². The second-order valence-electron chi connectivity index (χ2n) is 5.14. The first-order chi connectivity index (χ1) is 10.7. The summed E-state index contributed by atoms with van der Waals surface area (Å²) in [6, 6.07) is 9.18. The van der Waals surface area contributed by atoms with Gasteiger partial charge in [0.15, 0.2) is 11.5 Å². The fraction of sp³-hybridized carbons (Fsp3) is 0.312. The molecular weight excluding hydrogens is 300 g/mol. The second kappa shape index (κ2) is 5.98. The van der Waals surface area contributed by atoms with Crippen molar-refractivity contribution in [2.75, 3.05) is 14.2 Å². The van der Waals surface area contributed by atoms with E-state index < -0.39 is 6.04 Å². The van der Waals surface area contributed by atoms with Crippen molar-refractivity contribution in [3.05, 3.63) is 46.2 Å². The van der Waals surface area contributed by atoms with Gasteiger partial charge in [-0.2, -0.15) is 0 Å². The highest BCUT2D eigenvalue weighted by molar-refractivity contribution is 7.10. The summed E-state index contributed by atoms with van der Waals surface area (Å²) >= 11 is 1.62. The molecule has 2 heterocycles. The number of benzene rings is 1. The van der Waals surface area contributed by atoms with Crippen LogP contribution in [0, 0.1) is 0 Å². The van der Waals surface area contributed by atoms with Crippen LogP contribution >= 0.6 is 11.3 Å². The number of likely N-dealkylation sites (tertiary alicyclic amines) is 1. The lowest BCUT2D eigenvalue weighted by molar-refractivity contribution is -0.150. The summed E-state index contributed by atoms with van der Waals surface area (Å²) in [6.07, 6.45) is 0. The number of carbonyl (C=O) groups is 1. The minimum absolute atomic E-state index is 0.0202. The van der Waals surface area contributed by atoms with Crippen molar-refractivity contribution in [2.45, 2.75) is 18.6 Å². The fourth-order valence-corrected chi connectivity index (χ4v) is 3.60. The van der Waals surface area contributed by atoms with E-state index >= 15 is 0 Å². The number of methoxy groups -OCH3 is 2. The van der Waals surface area contributed by atoms with Gasteiger partial charge in [-0.15, -0.1) is 11.3 Å². The van der Waals surface area contributed by atoms with Crippen LogP contribution in [0.3, 0.4) is 0 Å². The zero-order chi connectivity index (χ0) is 15.7. The molecular formula is C16H18N2O3S. The van der Waals surface area contributed by atoms with Gasteiger partial charge in [0.05, 0.1) is 20.3 Å². The molecule has 0 spiro atoms. The van der Waals surface area contributed by atoms with E-state index in [0.29, 0.717) is 18.0 Å². The summed E-state index contributed by atoms with van der Waals surface area (Å²) in [6.45, 7) is 0.509. The quantitative estimate of drug-likeness (QED) is 0.858. The van der Waals surface area contributed by atoms with Crippen LogP contribution in [-0.2, 0) is 11.3 Å². The summed E-state index contributed by atoms with van der Waals surface area (Å²) in [5.41, 5.74) is 6.96. The van der Waals surface area contributed by atoms with Gasteiger partial charge in [0, 0.05) is 11.4 Å². The molecule has 1 aromatic heterocycles. The molecule has 0 saturated carbocycles. The van der Waals surface area contributed by atoms with Crippen LogP contribution in [0.15, 0.2) is 35.7 Å². The number of nitrogens with zero attached hydrogens (tertiary/aromatic N) is 1. The second-order valence-corrected chi connectivity index (χ2v) is 6.12. The topological polar surface area (TPSA) is 64.8 Å². The van der Waals surface area contributed by atoms with Crippen molar-refractivity contribution in [3.63, 3.8) is 0 Å². The molecule has 2 N–H and O–H groups in total. The number of nitrogens with two attached hydrogens (primary N) is 1. The molecule has 6 heteroatoms. The molecule has 0 bridgehead atoms. The molecule has 1 amide bonds. The van der Waals surface area contributed by atoms with Crippen molar-refractivity contribution >= 4 is 17.2 Å². The van der Waals surface area contributed by atoms with Gasteiger partial charge in [-0.05, 0) is 29.1 Å². The average Bonchev–Trinajstić information content (AvgIpc) is 3.07. The van der Waals surface area contributed by atoms with Crippen LogP contribution in [-0.4, -0.2) is 31.1 Å². The molecule has 2 atom stereocenters. The zero-order valence-corrected chi connectivity index (χ0v) is 13.3. The van der Waals surface area contributed by atoms with Crippen LogP contribution in [0.4, 0.5) is 0 Å². The minimum Gasteiger partial charge on any atom is -0.493 e. The third-order valence-electron chi connectivity index (χ3n) is 3.88. The van der Waals surface area contributed by atoms with Crippen molar-refractivity contribution in [3.8, 4) is 11.5 Å². The smallest absolute Gasteiger partial charge is 0.242 e. The summed E-state index contributed by atoms with van der Waals surface area (Å²) in [4.78, 5) is 15.0. The molecule has 3 rings (SSSR count). The standard InChI is InChI=1S/C16H18N2O3S/c1-20-11-6-5-10(8-12(11)21-2)9-18-15(14(17)16(18)19)13-4-3-7-22-13/h3-8,14-15H,9,17H2,1-2H3/t14-,15+/m1/s1. The van der Waals surface area contributed by atoms with Crippen LogP contribution in [0.5, 0.6) is 11.5 Å². The Balaban J connectivity index is 1.81. The monoisotopic (exact) mass is 318 g/mol. The van der Waals surface area contributed by atoms with E-state index in [-0.39, 0.29) is 11.9 Å². The molecule has 5 nitrogen and oxygen atoms in total. The number of thiophene rings is 1. The van der Waals surface area contributed by atoms with Crippen molar-refractivity contribution in [2.24, 2.45) is 5.73 Å². The maximum Gasteiger partial charge on any atom is 0.242 e. The Morgan fingerprint density at radius 3 is 2.64 bits per heavy atom. The number of β-lactam (4-membered cyclic amide) rings is 1.